The van der Waals surface area contributed by atoms with Crippen LogP contribution < -0.4 is 0 Å². The third kappa shape index (κ3) is 11.3. The van der Waals surface area contributed by atoms with Crippen LogP contribution in [0.25, 0.3) is 0 Å². The van der Waals surface area contributed by atoms with Crippen molar-refractivity contribution in [3.05, 3.63) is 12.2 Å². The highest BCUT2D eigenvalue weighted by atomic mass is 16.3. The second-order valence-electron chi connectivity index (χ2n) is 3.16. The van der Waals surface area contributed by atoms with Gasteiger partial charge in [-0.25, -0.2) is 0 Å². The number of aliphatic hydroxyl groups is 1. The molecular weight excluding hydrogens is 160 g/mol. The second-order valence-corrected chi connectivity index (χ2v) is 3.16. The van der Waals surface area contributed by atoms with E-state index in [0.29, 0.717) is 0 Å². The summed E-state index contributed by atoms with van der Waals surface area (Å²) in [4.78, 5) is 0. The molecule has 1 atom stereocenters. The highest BCUT2D eigenvalue weighted by Crippen LogP contribution is 1.94. The summed E-state index contributed by atoms with van der Waals surface area (Å²) in [5.41, 5.74) is 0. The monoisotopic (exact) mass is 180 g/mol. The molecule has 74 valence electrons. The zero-order valence-electron chi connectivity index (χ0n) is 8.71. The van der Waals surface area contributed by atoms with E-state index in [9.17, 15) is 0 Å². The van der Waals surface area contributed by atoms with Gasteiger partial charge in [0.2, 0.25) is 0 Å². The van der Waals surface area contributed by atoms with Crippen molar-refractivity contribution in [3.63, 3.8) is 0 Å². The van der Waals surface area contributed by atoms with Gasteiger partial charge >= 0.3 is 0 Å². The van der Waals surface area contributed by atoms with Crippen LogP contribution in [0.3, 0.4) is 0 Å². The topological polar surface area (TPSA) is 20.2 Å². The van der Waals surface area contributed by atoms with E-state index in [2.05, 4.69) is 18.8 Å². The van der Waals surface area contributed by atoms with Gasteiger partial charge in [0.25, 0.3) is 0 Å². The number of aliphatic hydroxyl groups excluding tert-OH is 1. The van der Waals surface area contributed by atoms with E-state index >= 15 is 0 Å². The third-order valence-electron chi connectivity index (χ3n) is 1.63. The normalized spacial score (nSPS) is 12.5. The van der Waals surface area contributed by atoms with Crippen LogP contribution in [0.1, 0.15) is 46.0 Å². The molecule has 0 heterocycles. The lowest BCUT2D eigenvalue weighted by Gasteiger charge is -1.91. The van der Waals surface area contributed by atoms with Crippen molar-refractivity contribution in [1.29, 1.82) is 0 Å². The molecule has 0 amide bonds. The first kappa shape index (κ1) is 12.3. The van der Waals surface area contributed by atoms with Crippen molar-refractivity contribution in [2.24, 2.45) is 0 Å². The zero-order valence-corrected chi connectivity index (χ0v) is 8.71. The summed E-state index contributed by atoms with van der Waals surface area (Å²) in [6, 6.07) is 0. The number of allylic oxidation sites excluding steroid dienone is 1. The zero-order chi connectivity index (χ0) is 9.94. The Bertz CT molecular complexity index is 181. The molecule has 13 heavy (non-hydrogen) atoms. The van der Waals surface area contributed by atoms with Gasteiger partial charge in [-0.2, -0.15) is 0 Å². The standard InChI is InChI=1S/C12H20O/c1-3-4-5-6-7-8-9-10-11-12(2)13/h10-13H,3-5,8-9H2,1-2H3/b11-10-. The van der Waals surface area contributed by atoms with Gasteiger partial charge in [0.1, 0.15) is 0 Å². The van der Waals surface area contributed by atoms with E-state index < -0.39 is 0 Å². The highest BCUT2D eigenvalue weighted by molar-refractivity contribution is 5.00. The van der Waals surface area contributed by atoms with Gasteiger partial charge in [0, 0.05) is 12.8 Å². The largest absolute Gasteiger partial charge is 0.389 e. The molecule has 0 saturated heterocycles. The fraction of sp³-hybridized carbons (Fsp3) is 0.667. The van der Waals surface area contributed by atoms with Crippen LogP contribution in [-0.4, -0.2) is 11.2 Å². The molecular formula is C12H20O. The molecule has 0 aromatic heterocycles. The molecule has 0 bridgehead atoms. The quantitative estimate of drug-likeness (QED) is 0.392. The van der Waals surface area contributed by atoms with Crippen LogP contribution in [0.4, 0.5) is 0 Å². The van der Waals surface area contributed by atoms with E-state index in [0.717, 1.165) is 19.3 Å². The van der Waals surface area contributed by atoms with Crippen LogP contribution in [0, 0.1) is 11.8 Å². The van der Waals surface area contributed by atoms with Crippen LogP contribution in [0.2, 0.25) is 0 Å². The molecule has 0 aromatic carbocycles. The lowest BCUT2D eigenvalue weighted by molar-refractivity contribution is 0.244. The molecule has 0 saturated carbocycles. The van der Waals surface area contributed by atoms with Gasteiger partial charge in [-0.05, 0) is 19.8 Å². The maximum atomic E-state index is 8.90. The van der Waals surface area contributed by atoms with Crippen molar-refractivity contribution in [2.75, 3.05) is 0 Å². The van der Waals surface area contributed by atoms with Gasteiger partial charge in [0.15, 0.2) is 0 Å². The molecule has 0 radical (unpaired) electrons. The molecule has 0 spiro atoms. The summed E-state index contributed by atoms with van der Waals surface area (Å²) in [7, 11) is 0. The molecule has 0 rings (SSSR count). The number of hydrogen-bond acceptors (Lipinski definition) is 1. The maximum absolute atomic E-state index is 8.90. The lowest BCUT2D eigenvalue weighted by atomic mass is 10.2. The Kier molecular flexibility index (Phi) is 8.82. The first-order valence-electron chi connectivity index (χ1n) is 5.07. The molecule has 0 aliphatic heterocycles. The molecule has 0 aromatic rings. The summed E-state index contributed by atoms with van der Waals surface area (Å²) in [5, 5.41) is 8.90. The Labute approximate surface area is 81.9 Å². The number of unbranched alkanes of at least 4 members (excludes halogenated alkanes) is 3. The summed E-state index contributed by atoms with van der Waals surface area (Å²) in [6.07, 6.45) is 8.76. The van der Waals surface area contributed by atoms with Crippen molar-refractivity contribution in [2.45, 2.75) is 52.1 Å². The maximum Gasteiger partial charge on any atom is 0.0692 e. The molecule has 0 fully saturated rings. The lowest BCUT2D eigenvalue weighted by Crippen LogP contribution is -1.90. The summed E-state index contributed by atoms with van der Waals surface area (Å²) < 4.78 is 0. The van der Waals surface area contributed by atoms with Crippen molar-refractivity contribution >= 4 is 0 Å². The van der Waals surface area contributed by atoms with E-state index in [-0.39, 0.29) is 6.10 Å². The Balaban J connectivity index is 3.27. The molecule has 1 heteroatoms. The van der Waals surface area contributed by atoms with Gasteiger partial charge in [-0.1, -0.05) is 25.5 Å². The van der Waals surface area contributed by atoms with E-state index in [4.69, 9.17) is 5.11 Å². The third-order valence-corrected chi connectivity index (χ3v) is 1.63. The summed E-state index contributed by atoms with van der Waals surface area (Å²) in [6.45, 7) is 3.93. The van der Waals surface area contributed by atoms with Crippen LogP contribution >= 0.6 is 0 Å². The minimum atomic E-state index is -0.326. The Hall–Kier alpha value is -0.740. The second kappa shape index (κ2) is 9.35. The molecule has 0 aliphatic carbocycles. The predicted octanol–water partition coefficient (Wildman–Crippen LogP) is 2.90. The first-order valence-corrected chi connectivity index (χ1v) is 5.07. The van der Waals surface area contributed by atoms with Gasteiger partial charge in [-0.15, -0.1) is 11.8 Å². The summed E-state index contributed by atoms with van der Waals surface area (Å²) >= 11 is 0. The Morgan fingerprint density at radius 1 is 1.31 bits per heavy atom. The van der Waals surface area contributed by atoms with Gasteiger partial charge in [-0.3, -0.25) is 0 Å². The van der Waals surface area contributed by atoms with Crippen LogP contribution in [0.15, 0.2) is 12.2 Å². The fourth-order valence-corrected chi connectivity index (χ4v) is 0.891. The first-order chi connectivity index (χ1) is 6.27. The minimum absolute atomic E-state index is 0.326. The van der Waals surface area contributed by atoms with E-state index in [1.165, 1.54) is 12.8 Å². The smallest absolute Gasteiger partial charge is 0.0692 e. The van der Waals surface area contributed by atoms with Crippen molar-refractivity contribution in [1.82, 2.24) is 0 Å². The van der Waals surface area contributed by atoms with Crippen molar-refractivity contribution in [3.8, 4) is 11.8 Å². The molecule has 1 nitrogen and oxygen atoms in total. The fourth-order valence-electron chi connectivity index (χ4n) is 0.891. The number of hydrogen-bond donors (Lipinski definition) is 1. The Morgan fingerprint density at radius 2 is 2.00 bits per heavy atom. The molecule has 0 aliphatic rings. The predicted molar refractivity (Wildman–Crippen MR) is 57.4 cm³/mol. The Morgan fingerprint density at radius 3 is 2.62 bits per heavy atom. The van der Waals surface area contributed by atoms with Crippen LogP contribution in [-0.2, 0) is 0 Å². The highest BCUT2D eigenvalue weighted by Gasteiger charge is 1.83. The van der Waals surface area contributed by atoms with Crippen molar-refractivity contribution < 1.29 is 5.11 Å². The number of rotatable bonds is 5. The van der Waals surface area contributed by atoms with Crippen LogP contribution in [0.5, 0.6) is 0 Å². The minimum Gasteiger partial charge on any atom is -0.389 e. The van der Waals surface area contributed by atoms with Gasteiger partial charge < -0.3 is 5.11 Å². The summed E-state index contributed by atoms with van der Waals surface area (Å²) in [5.74, 6) is 6.24. The van der Waals surface area contributed by atoms with E-state index in [1.54, 1.807) is 13.0 Å². The van der Waals surface area contributed by atoms with E-state index in [1.807, 2.05) is 6.08 Å². The average Bonchev–Trinajstić information content (AvgIpc) is 2.09. The molecule has 1 N–H and O–H groups in total. The molecule has 1 unspecified atom stereocenters. The average molecular weight is 180 g/mol. The SMILES string of the molecule is CCCCC#CCC/C=C\C(C)O. The van der Waals surface area contributed by atoms with Gasteiger partial charge in [0.05, 0.1) is 6.10 Å².